The van der Waals surface area contributed by atoms with Crippen molar-refractivity contribution in [3.05, 3.63) is 129 Å². The molecule has 0 saturated carbocycles. The van der Waals surface area contributed by atoms with Crippen LogP contribution in [0, 0.1) is 5.92 Å². The smallest absolute Gasteiger partial charge is 0.407 e. The molecule has 0 radical (unpaired) electrons. The Labute approximate surface area is 311 Å². The minimum atomic E-state index is -0.492. The van der Waals surface area contributed by atoms with Crippen LogP contribution in [0.4, 0.5) is 9.59 Å². The highest BCUT2D eigenvalue weighted by Gasteiger charge is 2.25. The van der Waals surface area contributed by atoms with Gasteiger partial charge < -0.3 is 29.6 Å². The molecule has 0 saturated heterocycles. The number of carbonyl (C=O) groups is 2. The number of alkyl carbamates (subject to hydrolysis) is 2. The van der Waals surface area contributed by atoms with Gasteiger partial charge in [0.15, 0.2) is 11.5 Å². The fourth-order valence-corrected chi connectivity index (χ4v) is 7.27. The van der Waals surface area contributed by atoms with Gasteiger partial charge in [0.25, 0.3) is 0 Å². The number of hydrogen-bond donors (Lipinski definition) is 2. The van der Waals surface area contributed by atoms with Gasteiger partial charge in [-0.2, -0.15) is 0 Å². The maximum Gasteiger partial charge on any atom is 0.407 e. The summed E-state index contributed by atoms with van der Waals surface area (Å²) in [5.74, 6) is 1.73. The highest BCUT2D eigenvalue weighted by atomic mass is 32.1. The third-order valence-electron chi connectivity index (χ3n) is 8.50. The molecule has 2 N–H and O–H groups in total. The highest BCUT2D eigenvalue weighted by molar-refractivity contribution is 7.09. The summed E-state index contributed by atoms with van der Waals surface area (Å²) in [6.45, 7) is 4.46. The van der Waals surface area contributed by atoms with Crippen LogP contribution < -0.4 is 20.1 Å². The first-order chi connectivity index (χ1) is 25.4. The minimum Gasteiger partial charge on any atom is -0.454 e. The number of carbonyl (C=O) groups excluding carboxylic acids is 2. The first kappa shape index (κ1) is 36.8. The summed E-state index contributed by atoms with van der Waals surface area (Å²) >= 11 is 2.88. The van der Waals surface area contributed by atoms with Crippen LogP contribution in [0.2, 0.25) is 0 Å². The molecular weight excluding hydrogens is 699 g/mol. The molecular formula is C39H43N5O6S2. The molecule has 2 aromatic heterocycles. The Hall–Kier alpha value is -4.98. The summed E-state index contributed by atoms with van der Waals surface area (Å²) < 4.78 is 22.4. The van der Waals surface area contributed by atoms with E-state index in [0.29, 0.717) is 32.5 Å². The third kappa shape index (κ3) is 11.8. The molecule has 11 nitrogen and oxygen atoms in total. The average Bonchev–Trinajstić information content (AvgIpc) is 3.95. The number of nitrogens with zero attached hydrogens (tertiary/aromatic N) is 3. The molecule has 13 heteroatoms. The van der Waals surface area contributed by atoms with Crippen molar-refractivity contribution in [1.29, 1.82) is 0 Å². The number of nitrogens with one attached hydrogen (secondary N) is 2. The van der Waals surface area contributed by atoms with Crippen LogP contribution in [-0.2, 0) is 41.9 Å². The minimum absolute atomic E-state index is 0.150. The Bertz CT molecular complexity index is 1710. The van der Waals surface area contributed by atoms with Gasteiger partial charge in [-0.25, -0.2) is 9.59 Å². The summed E-state index contributed by atoms with van der Waals surface area (Å²) in [4.78, 5) is 38.6. The molecule has 0 fully saturated rings. The van der Waals surface area contributed by atoms with Crippen LogP contribution in [0.15, 0.2) is 102 Å². The van der Waals surface area contributed by atoms with Crippen molar-refractivity contribution in [3.63, 3.8) is 0 Å². The number of rotatable bonds is 18. The number of aromatic nitrogens is 2. The maximum atomic E-state index is 13.2. The van der Waals surface area contributed by atoms with Crippen LogP contribution in [0.3, 0.4) is 0 Å². The standard InChI is InChI=1S/C39H43N5O6S2/c1-28(14-31-12-13-36-37(17-31)50-27-49-36)20-44(21-32(15-29-8-4-2-5-9-29)42-38(45)47-23-34-18-40-25-51-34)22-33(16-30-10-6-3-7-11-30)43-39(46)48-24-35-19-41-26-52-35/h2-13,17-19,25-26,28,32-33H,14-16,20-24,27H2,1H3,(H,42,45)(H,43,46)/t28?,32-,33-/m0/s1. The summed E-state index contributed by atoms with van der Waals surface area (Å²) in [7, 11) is 0. The SMILES string of the molecule is CC(Cc1ccc2c(c1)OCO2)CN(C[C@H](Cc1ccccc1)NC(=O)OCc1cncs1)C[C@H](Cc1ccccc1)NC(=O)OCc1cncs1. The van der Waals surface area contributed by atoms with E-state index in [2.05, 4.69) is 62.8 Å². The van der Waals surface area contributed by atoms with Crippen LogP contribution in [0.5, 0.6) is 11.5 Å². The van der Waals surface area contributed by atoms with Gasteiger partial charge in [0.05, 0.1) is 20.8 Å². The van der Waals surface area contributed by atoms with E-state index in [1.54, 1.807) is 23.4 Å². The van der Waals surface area contributed by atoms with Crippen LogP contribution in [-0.4, -0.2) is 65.6 Å². The Balaban J connectivity index is 1.21. The Kier molecular flexibility index (Phi) is 13.5. The molecule has 0 bridgehead atoms. The predicted molar refractivity (Wildman–Crippen MR) is 201 cm³/mol. The van der Waals surface area contributed by atoms with Gasteiger partial charge in [-0.1, -0.05) is 73.7 Å². The summed E-state index contributed by atoms with van der Waals surface area (Å²) in [5, 5.41) is 6.29. The largest absolute Gasteiger partial charge is 0.454 e. The van der Waals surface area contributed by atoms with E-state index in [1.165, 1.54) is 22.7 Å². The molecule has 3 heterocycles. The lowest BCUT2D eigenvalue weighted by Crippen LogP contribution is -2.51. The number of benzene rings is 3. The van der Waals surface area contributed by atoms with Gasteiger partial charge in [-0.05, 0) is 54.0 Å². The second kappa shape index (κ2) is 19.0. The molecule has 3 atom stereocenters. The van der Waals surface area contributed by atoms with Crippen LogP contribution in [0.1, 0.15) is 33.4 Å². The summed E-state index contributed by atoms with van der Waals surface area (Å²) in [6, 6.07) is 25.7. The van der Waals surface area contributed by atoms with Crippen molar-refractivity contribution < 1.29 is 28.5 Å². The predicted octanol–water partition coefficient (Wildman–Crippen LogP) is 6.88. The molecule has 6 rings (SSSR count). The van der Waals surface area contributed by atoms with Gasteiger partial charge in [0.2, 0.25) is 6.79 Å². The fraction of sp³-hybridized carbons (Fsp3) is 0.333. The molecule has 0 aliphatic carbocycles. The highest BCUT2D eigenvalue weighted by Crippen LogP contribution is 2.33. The van der Waals surface area contributed by atoms with Crippen molar-refractivity contribution in [1.82, 2.24) is 25.5 Å². The normalized spacial score (nSPS) is 13.7. The van der Waals surface area contributed by atoms with E-state index in [-0.39, 0.29) is 38.0 Å². The average molecular weight is 742 g/mol. The lowest BCUT2D eigenvalue weighted by atomic mass is 9.98. The number of ether oxygens (including phenoxy) is 4. The van der Waals surface area contributed by atoms with Gasteiger partial charge in [-0.15, -0.1) is 22.7 Å². The van der Waals surface area contributed by atoms with Gasteiger partial charge >= 0.3 is 12.2 Å². The topological polar surface area (TPSA) is 124 Å². The lowest BCUT2D eigenvalue weighted by Gasteiger charge is -2.33. The number of amides is 2. The maximum absolute atomic E-state index is 13.2. The number of fused-ring (bicyclic) bond motifs is 1. The van der Waals surface area contributed by atoms with E-state index < -0.39 is 12.2 Å². The van der Waals surface area contributed by atoms with Gasteiger partial charge in [-0.3, -0.25) is 14.9 Å². The zero-order valence-corrected chi connectivity index (χ0v) is 30.7. The zero-order chi connectivity index (χ0) is 36.0. The second-order valence-corrected chi connectivity index (χ2v) is 14.8. The van der Waals surface area contributed by atoms with Crippen molar-refractivity contribution in [3.8, 4) is 11.5 Å². The van der Waals surface area contributed by atoms with Crippen molar-refractivity contribution in [2.24, 2.45) is 5.92 Å². The monoisotopic (exact) mass is 741 g/mol. The van der Waals surface area contributed by atoms with Crippen LogP contribution in [0.25, 0.3) is 0 Å². The molecule has 52 heavy (non-hydrogen) atoms. The Morgan fingerprint density at radius 2 is 1.25 bits per heavy atom. The molecule has 5 aromatic rings. The fourth-order valence-electron chi connectivity index (χ4n) is 6.26. The first-order valence-electron chi connectivity index (χ1n) is 17.2. The second-order valence-electron chi connectivity index (χ2n) is 12.9. The quantitative estimate of drug-likeness (QED) is 0.0989. The van der Waals surface area contributed by atoms with E-state index in [4.69, 9.17) is 18.9 Å². The summed E-state index contributed by atoms with van der Waals surface area (Å²) in [6.07, 6.45) is 4.40. The third-order valence-corrected chi connectivity index (χ3v) is 10.0. The summed E-state index contributed by atoms with van der Waals surface area (Å²) in [5.41, 5.74) is 6.76. The van der Waals surface area contributed by atoms with Gasteiger partial charge in [0, 0.05) is 44.1 Å². The molecule has 1 aliphatic rings. The van der Waals surface area contributed by atoms with E-state index >= 15 is 0 Å². The molecule has 3 aromatic carbocycles. The molecule has 0 spiro atoms. The zero-order valence-electron chi connectivity index (χ0n) is 29.0. The van der Waals surface area contributed by atoms with E-state index in [0.717, 1.165) is 44.4 Å². The van der Waals surface area contributed by atoms with Crippen molar-refractivity contribution >= 4 is 34.9 Å². The molecule has 1 aliphatic heterocycles. The van der Waals surface area contributed by atoms with E-state index in [1.807, 2.05) is 48.5 Å². The molecule has 2 amide bonds. The van der Waals surface area contributed by atoms with Crippen LogP contribution >= 0.6 is 22.7 Å². The Morgan fingerprint density at radius 3 is 1.77 bits per heavy atom. The number of thiazole rings is 2. The van der Waals surface area contributed by atoms with E-state index in [9.17, 15) is 9.59 Å². The first-order valence-corrected chi connectivity index (χ1v) is 19.0. The van der Waals surface area contributed by atoms with Crippen molar-refractivity contribution in [2.75, 3.05) is 26.4 Å². The number of hydrogen-bond acceptors (Lipinski definition) is 11. The van der Waals surface area contributed by atoms with Gasteiger partial charge in [0.1, 0.15) is 13.2 Å². The lowest BCUT2D eigenvalue weighted by molar-refractivity contribution is 0.124. The Morgan fingerprint density at radius 1 is 0.712 bits per heavy atom. The molecule has 1 unspecified atom stereocenters. The van der Waals surface area contributed by atoms with Crippen molar-refractivity contribution in [2.45, 2.75) is 51.5 Å². The molecule has 272 valence electrons.